The van der Waals surface area contributed by atoms with E-state index in [1.165, 1.54) is 10.8 Å². The van der Waals surface area contributed by atoms with Crippen molar-refractivity contribution in [3.63, 3.8) is 0 Å². The van der Waals surface area contributed by atoms with Gasteiger partial charge in [0.1, 0.15) is 0 Å². The number of primary amides is 1. The maximum absolute atomic E-state index is 12.1. The van der Waals surface area contributed by atoms with Crippen LogP contribution in [0.3, 0.4) is 0 Å². The smallest absolute Gasteiger partial charge is 0.273 e. The summed E-state index contributed by atoms with van der Waals surface area (Å²) in [6, 6.07) is 4.19. The highest BCUT2D eigenvalue weighted by molar-refractivity contribution is 5.96. The number of nitrogens with two attached hydrogens (primary N) is 2. The molecule has 1 aromatic carbocycles. The van der Waals surface area contributed by atoms with Gasteiger partial charge in [-0.15, -0.1) is 10.2 Å². The summed E-state index contributed by atoms with van der Waals surface area (Å²) in [7, 11) is 2.06. The molecular formula is C25H38N8O2. The fourth-order valence-corrected chi connectivity index (χ4v) is 4.00. The Bertz CT molecular complexity index is 1180. The van der Waals surface area contributed by atoms with Crippen LogP contribution < -0.4 is 32.5 Å². The standard InChI is InChI=1S/C25H38N8O2/c1-7-15(4)21-16(5)10-18(11-17(21)12-33(6)14(2)3)28-24-22(23(27)34)31-32-25(30-24)29-20-8-9-35-13-19(20)26/h10-12,14,19-20H,7-9,13,26H2,1-6H3,(H2,27,34)(H2,28,29,30,32)/b17-12-,21-15?/t19-,20+/m0/s1. The average Bonchev–Trinajstić information content (AvgIpc) is 2.80. The summed E-state index contributed by atoms with van der Waals surface area (Å²) in [6.07, 6.45) is 3.82. The second kappa shape index (κ2) is 11.5. The molecule has 0 bridgehead atoms. The number of ether oxygens (including phenoxy) is 1. The van der Waals surface area contributed by atoms with Crippen molar-refractivity contribution in [3.05, 3.63) is 33.8 Å². The summed E-state index contributed by atoms with van der Waals surface area (Å²) >= 11 is 0. The van der Waals surface area contributed by atoms with Gasteiger partial charge in [-0.05, 0) is 68.7 Å². The molecule has 0 aliphatic carbocycles. The molecule has 0 radical (unpaired) electrons. The van der Waals surface area contributed by atoms with Gasteiger partial charge in [0.15, 0.2) is 11.5 Å². The van der Waals surface area contributed by atoms with E-state index >= 15 is 0 Å². The molecule has 6 N–H and O–H groups in total. The Morgan fingerprint density at radius 2 is 2.09 bits per heavy atom. The zero-order valence-electron chi connectivity index (χ0n) is 21.6. The SMILES string of the molecule is CCC(C)=c1c(C)cc(Nc2nc(N[C@@H]3CCOC[C@@H]3N)nnc2C(N)=O)c/c1=C/N(C)C(C)C. The number of aryl methyl sites for hydroxylation is 1. The molecule has 1 aliphatic heterocycles. The van der Waals surface area contributed by atoms with Gasteiger partial charge in [0.2, 0.25) is 5.95 Å². The molecule has 10 heteroatoms. The summed E-state index contributed by atoms with van der Waals surface area (Å²) < 4.78 is 5.40. The molecule has 0 saturated carbocycles. The minimum absolute atomic E-state index is 0.0327. The van der Waals surface area contributed by atoms with Crippen LogP contribution in [0.1, 0.15) is 56.6 Å². The third kappa shape index (κ3) is 6.46. The van der Waals surface area contributed by atoms with Crippen molar-refractivity contribution in [1.82, 2.24) is 20.1 Å². The minimum atomic E-state index is -0.711. The molecule has 2 heterocycles. The first-order valence-corrected chi connectivity index (χ1v) is 12.1. The predicted molar refractivity (Wildman–Crippen MR) is 140 cm³/mol. The van der Waals surface area contributed by atoms with Crippen molar-refractivity contribution in [2.24, 2.45) is 11.5 Å². The lowest BCUT2D eigenvalue weighted by Crippen LogP contribution is -2.48. The summed E-state index contributed by atoms with van der Waals surface area (Å²) in [5.74, 6) is -0.200. The number of amides is 1. The van der Waals surface area contributed by atoms with Gasteiger partial charge in [-0.2, -0.15) is 4.98 Å². The lowest BCUT2D eigenvalue weighted by molar-refractivity contribution is 0.0751. The number of hydrogen-bond acceptors (Lipinski definition) is 9. The molecule has 1 saturated heterocycles. The number of rotatable bonds is 8. The van der Waals surface area contributed by atoms with Gasteiger partial charge < -0.3 is 31.7 Å². The average molecular weight is 483 g/mol. The number of carbonyl (C=O) groups excluding carboxylic acids is 1. The van der Waals surface area contributed by atoms with Crippen LogP contribution in [0.2, 0.25) is 0 Å². The molecule has 10 nitrogen and oxygen atoms in total. The highest BCUT2D eigenvalue weighted by atomic mass is 16.5. The number of nitrogens with one attached hydrogen (secondary N) is 2. The second-order valence-corrected chi connectivity index (χ2v) is 9.38. The summed E-state index contributed by atoms with van der Waals surface area (Å²) in [5.41, 5.74) is 14.9. The van der Waals surface area contributed by atoms with Crippen LogP contribution in [0.4, 0.5) is 17.5 Å². The van der Waals surface area contributed by atoms with E-state index in [-0.39, 0.29) is 29.5 Å². The third-order valence-corrected chi connectivity index (χ3v) is 6.38. The Morgan fingerprint density at radius 3 is 2.71 bits per heavy atom. The van der Waals surface area contributed by atoms with Crippen LogP contribution in [-0.4, -0.2) is 64.4 Å². The van der Waals surface area contributed by atoms with Crippen molar-refractivity contribution in [3.8, 4) is 0 Å². The zero-order valence-corrected chi connectivity index (χ0v) is 21.6. The highest BCUT2D eigenvalue weighted by Crippen LogP contribution is 2.19. The maximum Gasteiger partial charge on any atom is 0.273 e. The molecule has 2 atom stereocenters. The molecule has 35 heavy (non-hydrogen) atoms. The first kappa shape index (κ1) is 26.4. The fraction of sp³-hybridized carbons (Fsp3) is 0.520. The summed E-state index contributed by atoms with van der Waals surface area (Å²) in [4.78, 5) is 18.8. The van der Waals surface area contributed by atoms with E-state index in [1.54, 1.807) is 0 Å². The fourth-order valence-electron chi connectivity index (χ4n) is 4.00. The van der Waals surface area contributed by atoms with E-state index in [1.807, 2.05) is 6.07 Å². The lowest BCUT2D eigenvalue weighted by atomic mass is 10.0. The van der Waals surface area contributed by atoms with Crippen molar-refractivity contribution < 1.29 is 9.53 Å². The second-order valence-electron chi connectivity index (χ2n) is 9.38. The summed E-state index contributed by atoms with van der Waals surface area (Å²) in [6.45, 7) is 11.7. The van der Waals surface area contributed by atoms with E-state index in [4.69, 9.17) is 16.2 Å². The normalized spacial score (nSPS) is 19.5. The van der Waals surface area contributed by atoms with Crippen LogP contribution >= 0.6 is 0 Å². The van der Waals surface area contributed by atoms with Crippen LogP contribution in [0.25, 0.3) is 11.8 Å². The van der Waals surface area contributed by atoms with E-state index in [2.05, 4.69) is 84.6 Å². The van der Waals surface area contributed by atoms with E-state index in [0.29, 0.717) is 19.3 Å². The molecule has 1 amide bonds. The van der Waals surface area contributed by atoms with E-state index < -0.39 is 5.91 Å². The van der Waals surface area contributed by atoms with Crippen LogP contribution in [0.15, 0.2) is 12.1 Å². The Hall–Kier alpha value is -3.24. The molecule has 190 valence electrons. The van der Waals surface area contributed by atoms with Crippen LogP contribution in [0.5, 0.6) is 0 Å². The molecular weight excluding hydrogens is 444 g/mol. The quantitative estimate of drug-likeness (QED) is 0.436. The number of hydrogen-bond donors (Lipinski definition) is 4. The number of aromatic nitrogens is 3. The number of carbonyl (C=O) groups is 1. The lowest BCUT2D eigenvalue weighted by Gasteiger charge is -2.29. The first-order chi connectivity index (χ1) is 16.6. The Balaban J connectivity index is 2.05. The third-order valence-electron chi connectivity index (χ3n) is 6.38. The van der Waals surface area contributed by atoms with Crippen LogP contribution in [0, 0.1) is 6.92 Å². The molecule has 2 aromatic rings. The number of anilines is 3. The first-order valence-electron chi connectivity index (χ1n) is 12.1. The summed E-state index contributed by atoms with van der Waals surface area (Å²) in [5, 5.41) is 16.9. The van der Waals surface area contributed by atoms with Gasteiger partial charge in [0.05, 0.1) is 6.61 Å². The number of benzene rings is 1. The Labute approximate surface area is 206 Å². The van der Waals surface area contributed by atoms with Gasteiger partial charge in [-0.1, -0.05) is 12.5 Å². The maximum atomic E-state index is 12.1. The predicted octanol–water partition coefficient (Wildman–Crippen LogP) is 1.21. The Kier molecular flexibility index (Phi) is 8.63. The van der Waals surface area contributed by atoms with Crippen LogP contribution in [-0.2, 0) is 4.74 Å². The molecule has 1 aromatic heterocycles. The molecule has 0 spiro atoms. The Morgan fingerprint density at radius 1 is 1.34 bits per heavy atom. The molecule has 0 unspecified atom stereocenters. The van der Waals surface area contributed by atoms with Crippen molar-refractivity contribution in [1.29, 1.82) is 0 Å². The molecule has 1 fully saturated rings. The van der Waals surface area contributed by atoms with Gasteiger partial charge in [-0.3, -0.25) is 4.79 Å². The zero-order chi connectivity index (χ0) is 25.7. The van der Waals surface area contributed by atoms with Gasteiger partial charge in [0.25, 0.3) is 5.91 Å². The largest absolute Gasteiger partial charge is 0.380 e. The number of nitrogens with zero attached hydrogens (tertiary/aromatic N) is 4. The van der Waals surface area contributed by atoms with E-state index in [9.17, 15) is 4.79 Å². The topological polar surface area (TPSA) is 144 Å². The molecule has 3 rings (SSSR count). The molecule has 1 aliphatic rings. The van der Waals surface area contributed by atoms with Crippen molar-refractivity contribution in [2.75, 3.05) is 30.9 Å². The van der Waals surface area contributed by atoms with Gasteiger partial charge in [-0.25, -0.2) is 0 Å². The van der Waals surface area contributed by atoms with Gasteiger partial charge >= 0.3 is 0 Å². The van der Waals surface area contributed by atoms with E-state index in [0.717, 1.165) is 29.3 Å². The highest BCUT2D eigenvalue weighted by Gasteiger charge is 2.24. The van der Waals surface area contributed by atoms with Crippen molar-refractivity contribution in [2.45, 2.75) is 65.6 Å². The van der Waals surface area contributed by atoms with Gasteiger partial charge in [0, 0.05) is 43.7 Å². The minimum Gasteiger partial charge on any atom is -0.380 e. The van der Waals surface area contributed by atoms with Crippen molar-refractivity contribution >= 4 is 35.1 Å². The monoisotopic (exact) mass is 482 g/mol.